The molecule has 2 nitrogen and oxygen atoms in total. The zero-order chi connectivity index (χ0) is 10.4. The van der Waals surface area contributed by atoms with E-state index in [2.05, 4.69) is 0 Å². The van der Waals surface area contributed by atoms with Crippen molar-refractivity contribution in [3.8, 4) is 5.75 Å². The van der Waals surface area contributed by atoms with Gasteiger partial charge in [0, 0.05) is 0 Å². The van der Waals surface area contributed by atoms with Crippen molar-refractivity contribution < 1.29 is 9.84 Å². The summed E-state index contributed by atoms with van der Waals surface area (Å²) in [4.78, 5) is 0. The van der Waals surface area contributed by atoms with Gasteiger partial charge in [-0.15, -0.1) is 0 Å². The van der Waals surface area contributed by atoms with Crippen LogP contribution in [-0.2, 0) is 6.42 Å². The fourth-order valence-electron chi connectivity index (χ4n) is 1.29. The summed E-state index contributed by atoms with van der Waals surface area (Å²) in [5.74, 6) is 0.910. The molecular weight excluding hydrogens is 176 g/mol. The summed E-state index contributed by atoms with van der Waals surface area (Å²) in [6.07, 6.45) is 1.51. The molecule has 0 saturated carbocycles. The monoisotopic (exact) mass is 194 g/mol. The standard InChI is InChI=1S/C12H18O2/c1-3-14-12-8-6-11(7-9-12)5-4-10(2)13/h6-10,13H,3-5H2,1-2H3. The minimum absolute atomic E-state index is 0.221. The van der Waals surface area contributed by atoms with E-state index in [1.807, 2.05) is 38.1 Å². The SMILES string of the molecule is CCOc1ccc(CCC(C)O)cc1. The van der Waals surface area contributed by atoms with Crippen molar-refractivity contribution >= 4 is 0 Å². The molecular formula is C12H18O2. The molecule has 1 atom stereocenters. The molecule has 1 aromatic rings. The molecule has 0 aliphatic carbocycles. The maximum atomic E-state index is 9.13. The van der Waals surface area contributed by atoms with E-state index in [0.717, 1.165) is 18.6 Å². The average Bonchev–Trinajstić information content (AvgIpc) is 2.17. The Balaban J connectivity index is 2.46. The topological polar surface area (TPSA) is 29.5 Å². The molecule has 0 aliphatic rings. The molecule has 0 heterocycles. The third kappa shape index (κ3) is 3.79. The molecule has 0 radical (unpaired) electrons. The first-order valence-corrected chi connectivity index (χ1v) is 5.12. The lowest BCUT2D eigenvalue weighted by molar-refractivity contribution is 0.185. The molecule has 0 amide bonds. The number of rotatable bonds is 5. The third-order valence-electron chi connectivity index (χ3n) is 2.09. The maximum Gasteiger partial charge on any atom is 0.119 e. The summed E-state index contributed by atoms with van der Waals surface area (Å²) in [6, 6.07) is 8.04. The largest absolute Gasteiger partial charge is 0.494 e. The second-order valence-electron chi connectivity index (χ2n) is 3.46. The van der Waals surface area contributed by atoms with Crippen molar-refractivity contribution in [1.29, 1.82) is 0 Å². The number of aliphatic hydroxyl groups is 1. The smallest absolute Gasteiger partial charge is 0.119 e. The van der Waals surface area contributed by atoms with Crippen LogP contribution in [0.3, 0.4) is 0 Å². The van der Waals surface area contributed by atoms with Crippen molar-refractivity contribution in [3.05, 3.63) is 29.8 Å². The van der Waals surface area contributed by atoms with Crippen LogP contribution >= 0.6 is 0 Å². The van der Waals surface area contributed by atoms with Crippen LogP contribution in [0.5, 0.6) is 5.75 Å². The molecule has 2 heteroatoms. The van der Waals surface area contributed by atoms with Gasteiger partial charge >= 0.3 is 0 Å². The van der Waals surface area contributed by atoms with Crippen molar-refractivity contribution in [2.45, 2.75) is 32.8 Å². The molecule has 1 aromatic carbocycles. The molecule has 1 N–H and O–H groups in total. The summed E-state index contributed by atoms with van der Waals surface area (Å²) in [6.45, 7) is 4.49. The average molecular weight is 194 g/mol. The third-order valence-corrected chi connectivity index (χ3v) is 2.09. The summed E-state index contributed by atoms with van der Waals surface area (Å²) < 4.78 is 5.34. The van der Waals surface area contributed by atoms with Crippen LogP contribution in [0.15, 0.2) is 24.3 Å². The summed E-state index contributed by atoms with van der Waals surface area (Å²) >= 11 is 0. The van der Waals surface area contributed by atoms with Gasteiger partial charge in [-0.3, -0.25) is 0 Å². The predicted octanol–water partition coefficient (Wildman–Crippen LogP) is 2.40. The maximum absolute atomic E-state index is 9.13. The molecule has 0 spiro atoms. The minimum atomic E-state index is -0.221. The normalized spacial score (nSPS) is 12.5. The number of aliphatic hydroxyl groups excluding tert-OH is 1. The second-order valence-corrected chi connectivity index (χ2v) is 3.46. The van der Waals surface area contributed by atoms with Crippen LogP contribution in [0.4, 0.5) is 0 Å². The summed E-state index contributed by atoms with van der Waals surface area (Å²) in [5, 5.41) is 9.13. The van der Waals surface area contributed by atoms with E-state index in [9.17, 15) is 0 Å². The van der Waals surface area contributed by atoms with Gasteiger partial charge in [-0.1, -0.05) is 12.1 Å². The zero-order valence-electron chi connectivity index (χ0n) is 8.86. The van der Waals surface area contributed by atoms with E-state index < -0.39 is 0 Å². The van der Waals surface area contributed by atoms with Crippen LogP contribution in [-0.4, -0.2) is 17.8 Å². The van der Waals surface area contributed by atoms with Crippen LogP contribution in [0.25, 0.3) is 0 Å². The first-order chi connectivity index (χ1) is 6.72. The molecule has 1 rings (SSSR count). The first kappa shape index (κ1) is 11.1. The Kier molecular flexibility index (Phi) is 4.47. The van der Waals surface area contributed by atoms with E-state index in [1.165, 1.54) is 5.56 Å². The molecule has 0 saturated heterocycles. The highest BCUT2D eigenvalue weighted by atomic mass is 16.5. The van der Waals surface area contributed by atoms with Gasteiger partial charge in [0.25, 0.3) is 0 Å². The highest BCUT2D eigenvalue weighted by Crippen LogP contribution is 2.13. The van der Waals surface area contributed by atoms with E-state index in [-0.39, 0.29) is 6.10 Å². The van der Waals surface area contributed by atoms with Crippen molar-refractivity contribution in [2.24, 2.45) is 0 Å². The Bertz CT molecular complexity index is 252. The number of hydrogen-bond acceptors (Lipinski definition) is 2. The Labute approximate surface area is 85.5 Å². The molecule has 0 fully saturated rings. The highest BCUT2D eigenvalue weighted by molar-refractivity contribution is 5.27. The van der Waals surface area contributed by atoms with E-state index in [4.69, 9.17) is 9.84 Å². The number of hydrogen-bond donors (Lipinski definition) is 1. The Morgan fingerprint density at radius 2 is 1.93 bits per heavy atom. The lowest BCUT2D eigenvalue weighted by Gasteiger charge is -2.06. The fraction of sp³-hybridized carbons (Fsp3) is 0.500. The second kappa shape index (κ2) is 5.66. The van der Waals surface area contributed by atoms with Gasteiger partial charge < -0.3 is 9.84 Å². The zero-order valence-corrected chi connectivity index (χ0v) is 8.86. The molecule has 78 valence electrons. The van der Waals surface area contributed by atoms with Gasteiger partial charge in [-0.05, 0) is 44.4 Å². The molecule has 0 aromatic heterocycles. The van der Waals surface area contributed by atoms with Gasteiger partial charge in [0.15, 0.2) is 0 Å². The van der Waals surface area contributed by atoms with Gasteiger partial charge in [0.1, 0.15) is 5.75 Å². The molecule has 14 heavy (non-hydrogen) atoms. The van der Waals surface area contributed by atoms with E-state index >= 15 is 0 Å². The highest BCUT2D eigenvalue weighted by Gasteiger charge is 1.98. The predicted molar refractivity (Wildman–Crippen MR) is 57.6 cm³/mol. The summed E-state index contributed by atoms with van der Waals surface area (Å²) in [7, 11) is 0. The van der Waals surface area contributed by atoms with Gasteiger partial charge in [0.05, 0.1) is 12.7 Å². The molecule has 0 aliphatic heterocycles. The van der Waals surface area contributed by atoms with E-state index in [1.54, 1.807) is 0 Å². The first-order valence-electron chi connectivity index (χ1n) is 5.12. The van der Waals surface area contributed by atoms with E-state index in [0.29, 0.717) is 6.61 Å². The van der Waals surface area contributed by atoms with Crippen LogP contribution < -0.4 is 4.74 Å². The van der Waals surface area contributed by atoms with Crippen molar-refractivity contribution in [1.82, 2.24) is 0 Å². The Hall–Kier alpha value is -1.02. The quantitative estimate of drug-likeness (QED) is 0.780. The van der Waals surface area contributed by atoms with Gasteiger partial charge in [0.2, 0.25) is 0 Å². The van der Waals surface area contributed by atoms with Crippen LogP contribution in [0.1, 0.15) is 25.8 Å². The summed E-state index contributed by atoms with van der Waals surface area (Å²) in [5.41, 5.74) is 1.24. The Morgan fingerprint density at radius 1 is 1.29 bits per heavy atom. The van der Waals surface area contributed by atoms with Gasteiger partial charge in [-0.2, -0.15) is 0 Å². The number of aryl methyl sites for hydroxylation is 1. The number of benzene rings is 1. The van der Waals surface area contributed by atoms with Crippen molar-refractivity contribution in [3.63, 3.8) is 0 Å². The number of ether oxygens (including phenoxy) is 1. The van der Waals surface area contributed by atoms with Crippen LogP contribution in [0, 0.1) is 0 Å². The minimum Gasteiger partial charge on any atom is -0.494 e. The molecule has 0 bridgehead atoms. The lowest BCUT2D eigenvalue weighted by atomic mass is 10.1. The lowest BCUT2D eigenvalue weighted by Crippen LogP contribution is -2.01. The Morgan fingerprint density at radius 3 is 2.43 bits per heavy atom. The van der Waals surface area contributed by atoms with Gasteiger partial charge in [-0.25, -0.2) is 0 Å². The fourth-order valence-corrected chi connectivity index (χ4v) is 1.29. The van der Waals surface area contributed by atoms with Crippen molar-refractivity contribution in [2.75, 3.05) is 6.61 Å². The van der Waals surface area contributed by atoms with Crippen LogP contribution in [0.2, 0.25) is 0 Å². The molecule has 1 unspecified atom stereocenters.